The molecule has 0 aromatic heterocycles. The first kappa shape index (κ1) is 7.56. The van der Waals surface area contributed by atoms with Crippen LogP contribution in [0.2, 0.25) is 0 Å². The number of piperidine rings is 1. The molecule has 2 heteroatoms. The molecule has 2 fully saturated rings. The van der Waals surface area contributed by atoms with E-state index in [9.17, 15) is 0 Å². The summed E-state index contributed by atoms with van der Waals surface area (Å²) < 4.78 is 0. The van der Waals surface area contributed by atoms with Crippen LogP contribution in [0.4, 0.5) is 0 Å². The van der Waals surface area contributed by atoms with Gasteiger partial charge in [0.25, 0.3) is 0 Å². The summed E-state index contributed by atoms with van der Waals surface area (Å²) in [7, 11) is 0. The van der Waals surface area contributed by atoms with Gasteiger partial charge < -0.3 is 0 Å². The third-order valence-corrected chi connectivity index (χ3v) is 2.77. The van der Waals surface area contributed by atoms with Crippen LogP contribution in [0.5, 0.6) is 0 Å². The molecule has 11 heavy (non-hydrogen) atoms. The van der Waals surface area contributed by atoms with Crippen LogP contribution >= 0.6 is 0 Å². The SMILES string of the molecule is C1CCN(C2CCC[N]2)CC1. The molecule has 2 nitrogen and oxygen atoms in total. The normalized spacial score (nSPS) is 34.4. The summed E-state index contributed by atoms with van der Waals surface area (Å²) >= 11 is 0. The zero-order chi connectivity index (χ0) is 7.52. The first-order chi connectivity index (χ1) is 5.47. The molecule has 2 aliphatic heterocycles. The molecule has 0 aromatic rings. The van der Waals surface area contributed by atoms with Crippen molar-refractivity contribution in [3.63, 3.8) is 0 Å². The van der Waals surface area contributed by atoms with Gasteiger partial charge in [0.2, 0.25) is 0 Å². The van der Waals surface area contributed by atoms with E-state index in [1.165, 1.54) is 45.2 Å². The quantitative estimate of drug-likeness (QED) is 0.553. The van der Waals surface area contributed by atoms with E-state index in [0.29, 0.717) is 6.17 Å². The molecule has 2 aliphatic rings. The molecule has 2 heterocycles. The van der Waals surface area contributed by atoms with Crippen LogP contribution in [0, 0.1) is 0 Å². The molecule has 1 atom stereocenters. The van der Waals surface area contributed by atoms with Crippen molar-refractivity contribution in [3.8, 4) is 0 Å². The maximum Gasteiger partial charge on any atom is 0.0761 e. The third-order valence-electron chi connectivity index (χ3n) is 2.77. The van der Waals surface area contributed by atoms with Gasteiger partial charge in [0.1, 0.15) is 0 Å². The summed E-state index contributed by atoms with van der Waals surface area (Å²) in [4.78, 5) is 2.57. The van der Waals surface area contributed by atoms with Gasteiger partial charge in [-0.1, -0.05) is 6.42 Å². The fourth-order valence-corrected chi connectivity index (χ4v) is 2.12. The molecular formula is C9H17N2. The van der Waals surface area contributed by atoms with Gasteiger partial charge >= 0.3 is 0 Å². The summed E-state index contributed by atoms with van der Waals surface area (Å²) in [6.45, 7) is 3.71. The lowest BCUT2D eigenvalue weighted by Gasteiger charge is -2.31. The van der Waals surface area contributed by atoms with E-state index < -0.39 is 0 Å². The van der Waals surface area contributed by atoms with Crippen LogP contribution in [0.15, 0.2) is 0 Å². The van der Waals surface area contributed by atoms with Gasteiger partial charge in [-0.25, -0.2) is 5.32 Å². The Kier molecular flexibility index (Phi) is 2.44. The summed E-state index contributed by atoms with van der Waals surface area (Å²) in [6.07, 6.45) is 7.47. The Bertz CT molecular complexity index is 113. The summed E-state index contributed by atoms with van der Waals surface area (Å²) in [5.74, 6) is 0. The molecule has 0 bridgehead atoms. The molecular weight excluding hydrogens is 136 g/mol. The molecule has 0 N–H and O–H groups in total. The molecule has 0 saturated carbocycles. The Balaban J connectivity index is 1.82. The summed E-state index contributed by atoms with van der Waals surface area (Å²) in [5.41, 5.74) is 0. The van der Waals surface area contributed by atoms with Crippen molar-refractivity contribution in [2.75, 3.05) is 19.6 Å². The van der Waals surface area contributed by atoms with Crippen molar-refractivity contribution in [1.29, 1.82) is 0 Å². The largest absolute Gasteiger partial charge is 0.287 e. The highest BCUT2D eigenvalue weighted by molar-refractivity contribution is 4.77. The van der Waals surface area contributed by atoms with Gasteiger partial charge in [-0.15, -0.1) is 0 Å². The second-order valence-electron chi connectivity index (χ2n) is 3.63. The van der Waals surface area contributed by atoms with Gasteiger partial charge in [0.15, 0.2) is 0 Å². The zero-order valence-corrected chi connectivity index (χ0v) is 7.13. The monoisotopic (exact) mass is 153 g/mol. The predicted molar refractivity (Wildman–Crippen MR) is 45.4 cm³/mol. The van der Waals surface area contributed by atoms with Crippen LogP contribution in [-0.4, -0.2) is 30.7 Å². The highest BCUT2D eigenvalue weighted by atomic mass is 15.3. The van der Waals surface area contributed by atoms with Gasteiger partial charge in [-0.2, -0.15) is 0 Å². The lowest BCUT2D eigenvalue weighted by molar-refractivity contribution is 0.149. The molecule has 0 amide bonds. The Morgan fingerprint density at radius 2 is 1.82 bits per heavy atom. The average molecular weight is 153 g/mol. The van der Waals surface area contributed by atoms with Crippen LogP contribution < -0.4 is 5.32 Å². The fraction of sp³-hybridized carbons (Fsp3) is 1.00. The van der Waals surface area contributed by atoms with Gasteiger partial charge in [0.05, 0.1) is 6.17 Å². The first-order valence-corrected chi connectivity index (χ1v) is 4.87. The Hall–Kier alpha value is -0.0800. The van der Waals surface area contributed by atoms with Gasteiger partial charge in [0, 0.05) is 6.54 Å². The second-order valence-corrected chi connectivity index (χ2v) is 3.63. The molecule has 0 aliphatic carbocycles. The standard InChI is InChI=1S/C9H17N2/c1-2-7-11(8-3-1)9-5-4-6-10-9/h9H,1-8H2. The van der Waals surface area contributed by atoms with E-state index in [-0.39, 0.29) is 0 Å². The second kappa shape index (κ2) is 3.55. The zero-order valence-electron chi connectivity index (χ0n) is 7.13. The third kappa shape index (κ3) is 1.74. The van der Waals surface area contributed by atoms with Crippen LogP contribution in [-0.2, 0) is 0 Å². The van der Waals surface area contributed by atoms with E-state index in [1.54, 1.807) is 0 Å². The van der Waals surface area contributed by atoms with Crippen molar-refractivity contribution >= 4 is 0 Å². The van der Waals surface area contributed by atoms with E-state index in [4.69, 9.17) is 0 Å². The maximum atomic E-state index is 4.59. The predicted octanol–water partition coefficient (Wildman–Crippen LogP) is 1.20. The smallest absolute Gasteiger partial charge is 0.0761 e. The van der Waals surface area contributed by atoms with Crippen molar-refractivity contribution in [2.45, 2.75) is 38.3 Å². The van der Waals surface area contributed by atoms with Crippen LogP contribution in [0.3, 0.4) is 0 Å². The minimum atomic E-state index is 0.607. The van der Waals surface area contributed by atoms with E-state index in [1.807, 2.05) is 0 Å². The van der Waals surface area contributed by atoms with Gasteiger partial charge in [-0.05, 0) is 38.8 Å². The first-order valence-electron chi connectivity index (χ1n) is 4.87. The number of likely N-dealkylation sites (tertiary alicyclic amines) is 1. The lowest BCUT2D eigenvalue weighted by atomic mass is 10.1. The van der Waals surface area contributed by atoms with Gasteiger partial charge in [-0.3, -0.25) is 4.90 Å². The van der Waals surface area contributed by atoms with E-state index in [0.717, 1.165) is 6.54 Å². The number of hydrogen-bond donors (Lipinski definition) is 0. The topological polar surface area (TPSA) is 17.3 Å². The molecule has 1 unspecified atom stereocenters. The molecule has 2 saturated heterocycles. The van der Waals surface area contributed by atoms with Crippen LogP contribution in [0.25, 0.3) is 0 Å². The lowest BCUT2D eigenvalue weighted by Crippen LogP contribution is -2.41. The van der Waals surface area contributed by atoms with Crippen molar-refractivity contribution in [3.05, 3.63) is 0 Å². The Labute approximate surface area is 69.0 Å². The van der Waals surface area contributed by atoms with Crippen molar-refractivity contribution in [2.24, 2.45) is 0 Å². The molecule has 0 spiro atoms. The summed E-state index contributed by atoms with van der Waals surface area (Å²) in [6, 6.07) is 0. The summed E-state index contributed by atoms with van der Waals surface area (Å²) in [5, 5.41) is 4.59. The molecule has 1 radical (unpaired) electrons. The minimum absolute atomic E-state index is 0.607. The van der Waals surface area contributed by atoms with Crippen molar-refractivity contribution in [1.82, 2.24) is 10.2 Å². The highest BCUT2D eigenvalue weighted by Crippen LogP contribution is 2.17. The number of nitrogens with zero attached hydrogens (tertiary/aromatic N) is 2. The molecule has 63 valence electrons. The molecule has 0 aromatic carbocycles. The number of hydrogen-bond acceptors (Lipinski definition) is 1. The van der Waals surface area contributed by atoms with Crippen molar-refractivity contribution < 1.29 is 0 Å². The van der Waals surface area contributed by atoms with E-state index >= 15 is 0 Å². The number of rotatable bonds is 1. The highest BCUT2D eigenvalue weighted by Gasteiger charge is 2.23. The maximum absolute atomic E-state index is 4.59. The Morgan fingerprint density at radius 3 is 2.45 bits per heavy atom. The van der Waals surface area contributed by atoms with Crippen LogP contribution in [0.1, 0.15) is 32.1 Å². The Morgan fingerprint density at radius 1 is 1.00 bits per heavy atom. The van der Waals surface area contributed by atoms with E-state index in [2.05, 4.69) is 10.2 Å². The average Bonchev–Trinajstić information content (AvgIpc) is 2.58. The molecule has 2 rings (SSSR count). The minimum Gasteiger partial charge on any atom is -0.287 e. The fourth-order valence-electron chi connectivity index (χ4n) is 2.12.